The Labute approximate surface area is 97.9 Å². The number of amides is 1. The first-order valence-electron chi connectivity index (χ1n) is 5.25. The number of carbonyl (C=O) groups is 2. The number of rotatable bonds is 2. The molecule has 0 radical (unpaired) electrons. The molecular weight excluding hydrogens is 224 g/mol. The van der Waals surface area contributed by atoms with E-state index in [0.717, 1.165) is 0 Å². The summed E-state index contributed by atoms with van der Waals surface area (Å²) in [6.07, 6.45) is 5.25. The van der Waals surface area contributed by atoms with Crippen molar-refractivity contribution < 1.29 is 19.4 Å². The number of nitrogens with zero attached hydrogens (tertiary/aromatic N) is 2. The van der Waals surface area contributed by atoms with Gasteiger partial charge in [-0.1, -0.05) is 6.08 Å². The van der Waals surface area contributed by atoms with Crippen LogP contribution in [0, 0.1) is 5.92 Å². The minimum absolute atomic E-state index is 0.154. The first kappa shape index (κ1) is 11.5. The van der Waals surface area contributed by atoms with Crippen LogP contribution in [-0.2, 0) is 14.3 Å². The SMILES string of the molecule is CCOC(=O)C1C(=O)N=C2C=CC=CN2C1O. The number of hydrogen-bond acceptors (Lipinski definition) is 5. The number of aliphatic hydroxyl groups is 1. The van der Waals surface area contributed by atoms with E-state index in [1.54, 1.807) is 31.4 Å². The van der Waals surface area contributed by atoms with E-state index in [-0.39, 0.29) is 6.61 Å². The van der Waals surface area contributed by atoms with Gasteiger partial charge in [0.1, 0.15) is 5.84 Å². The van der Waals surface area contributed by atoms with Gasteiger partial charge >= 0.3 is 5.97 Å². The number of aliphatic hydroxyl groups excluding tert-OH is 1. The van der Waals surface area contributed by atoms with Crippen LogP contribution < -0.4 is 0 Å². The van der Waals surface area contributed by atoms with Crippen LogP contribution in [0.3, 0.4) is 0 Å². The van der Waals surface area contributed by atoms with Crippen LogP contribution in [0.2, 0.25) is 0 Å². The van der Waals surface area contributed by atoms with Crippen molar-refractivity contribution in [2.24, 2.45) is 10.9 Å². The van der Waals surface area contributed by atoms with Crippen LogP contribution in [0.5, 0.6) is 0 Å². The van der Waals surface area contributed by atoms with E-state index in [1.807, 2.05) is 0 Å². The molecule has 0 bridgehead atoms. The van der Waals surface area contributed by atoms with Gasteiger partial charge in [-0.2, -0.15) is 4.99 Å². The van der Waals surface area contributed by atoms with E-state index in [4.69, 9.17) is 4.74 Å². The molecule has 0 fully saturated rings. The van der Waals surface area contributed by atoms with Crippen LogP contribution in [0.1, 0.15) is 6.92 Å². The van der Waals surface area contributed by atoms with Crippen LogP contribution >= 0.6 is 0 Å². The van der Waals surface area contributed by atoms with E-state index in [1.165, 1.54) is 4.90 Å². The average molecular weight is 236 g/mol. The zero-order chi connectivity index (χ0) is 12.4. The largest absolute Gasteiger partial charge is 0.465 e. The summed E-state index contributed by atoms with van der Waals surface area (Å²) in [6.45, 7) is 1.79. The molecule has 0 aromatic carbocycles. The highest BCUT2D eigenvalue weighted by Crippen LogP contribution is 2.21. The molecule has 2 aliphatic heterocycles. The van der Waals surface area contributed by atoms with Gasteiger partial charge in [-0.05, 0) is 19.1 Å². The van der Waals surface area contributed by atoms with Gasteiger partial charge in [-0.3, -0.25) is 9.59 Å². The minimum Gasteiger partial charge on any atom is -0.465 e. The molecule has 0 saturated heterocycles. The number of aliphatic imine (C=N–C) groups is 1. The summed E-state index contributed by atoms with van der Waals surface area (Å²) in [4.78, 5) is 28.3. The van der Waals surface area contributed by atoms with E-state index in [0.29, 0.717) is 5.84 Å². The fourth-order valence-corrected chi connectivity index (χ4v) is 1.69. The maximum absolute atomic E-state index is 11.6. The molecule has 2 rings (SSSR count). The number of ether oxygens (including phenoxy) is 1. The molecule has 2 aliphatic rings. The number of amidine groups is 1. The standard InChI is InChI=1S/C11H12N2O4/c1-2-17-11(16)8-9(14)12-7-5-3-4-6-13(7)10(8)15/h3-6,8,10,15H,2H2,1H3. The number of esters is 1. The smallest absolute Gasteiger partial charge is 0.323 e. The third-order valence-corrected chi connectivity index (χ3v) is 2.48. The van der Waals surface area contributed by atoms with Gasteiger partial charge in [0, 0.05) is 6.20 Å². The van der Waals surface area contributed by atoms with Gasteiger partial charge in [0.25, 0.3) is 5.91 Å². The van der Waals surface area contributed by atoms with Gasteiger partial charge in [0.05, 0.1) is 6.61 Å². The Bertz CT molecular complexity index is 439. The number of allylic oxidation sites excluding steroid dienone is 2. The molecular formula is C11H12N2O4. The molecule has 0 aromatic heterocycles. The highest BCUT2D eigenvalue weighted by Gasteiger charge is 2.42. The van der Waals surface area contributed by atoms with E-state index < -0.39 is 24.0 Å². The highest BCUT2D eigenvalue weighted by molar-refractivity contribution is 6.10. The molecule has 0 saturated carbocycles. The van der Waals surface area contributed by atoms with Crippen molar-refractivity contribution in [3.05, 3.63) is 24.4 Å². The van der Waals surface area contributed by atoms with Crippen molar-refractivity contribution in [1.82, 2.24) is 4.90 Å². The molecule has 90 valence electrons. The number of carbonyl (C=O) groups excluding carboxylic acids is 2. The normalized spacial score (nSPS) is 26.6. The van der Waals surface area contributed by atoms with Gasteiger partial charge in [0.2, 0.25) is 0 Å². The lowest BCUT2D eigenvalue weighted by Crippen LogP contribution is -2.51. The molecule has 2 unspecified atom stereocenters. The molecule has 2 atom stereocenters. The lowest BCUT2D eigenvalue weighted by Gasteiger charge is -2.34. The third-order valence-electron chi connectivity index (χ3n) is 2.48. The van der Waals surface area contributed by atoms with Crippen molar-refractivity contribution >= 4 is 17.7 Å². The van der Waals surface area contributed by atoms with Crippen LogP contribution in [0.4, 0.5) is 0 Å². The number of hydrogen-bond donors (Lipinski definition) is 1. The summed E-state index contributed by atoms with van der Waals surface area (Å²) in [5.74, 6) is -2.39. The Hall–Kier alpha value is -1.95. The fourth-order valence-electron chi connectivity index (χ4n) is 1.69. The van der Waals surface area contributed by atoms with Crippen LogP contribution in [0.25, 0.3) is 0 Å². The summed E-state index contributed by atoms with van der Waals surface area (Å²) in [6, 6.07) is 0. The van der Waals surface area contributed by atoms with Crippen molar-refractivity contribution in [3.8, 4) is 0 Å². The Morgan fingerprint density at radius 2 is 2.35 bits per heavy atom. The van der Waals surface area contributed by atoms with Gasteiger partial charge in [0.15, 0.2) is 12.1 Å². The maximum Gasteiger partial charge on any atom is 0.323 e. The quantitative estimate of drug-likeness (QED) is 0.531. The lowest BCUT2D eigenvalue weighted by atomic mass is 10.0. The second-order valence-corrected chi connectivity index (χ2v) is 3.56. The molecule has 0 aromatic rings. The fraction of sp³-hybridized carbons (Fsp3) is 0.364. The Morgan fingerprint density at radius 3 is 3.06 bits per heavy atom. The molecule has 1 N–H and O–H groups in total. The molecule has 2 heterocycles. The zero-order valence-corrected chi connectivity index (χ0v) is 9.24. The van der Waals surface area contributed by atoms with E-state index in [2.05, 4.69) is 4.99 Å². The van der Waals surface area contributed by atoms with Gasteiger partial charge in [-0.15, -0.1) is 0 Å². The van der Waals surface area contributed by atoms with Gasteiger partial charge < -0.3 is 14.7 Å². The first-order valence-corrected chi connectivity index (χ1v) is 5.25. The van der Waals surface area contributed by atoms with Crippen molar-refractivity contribution in [1.29, 1.82) is 0 Å². The number of fused-ring (bicyclic) bond motifs is 1. The molecule has 1 amide bonds. The predicted octanol–water partition coefficient (Wildman–Crippen LogP) is -0.192. The van der Waals surface area contributed by atoms with Crippen molar-refractivity contribution in [3.63, 3.8) is 0 Å². The Kier molecular flexibility index (Phi) is 3.06. The monoisotopic (exact) mass is 236 g/mol. The van der Waals surface area contributed by atoms with E-state index >= 15 is 0 Å². The van der Waals surface area contributed by atoms with Gasteiger partial charge in [-0.25, -0.2) is 0 Å². The zero-order valence-electron chi connectivity index (χ0n) is 9.24. The summed E-state index contributed by atoms with van der Waals surface area (Å²) in [7, 11) is 0. The summed E-state index contributed by atoms with van der Waals surface area (Å²) in [5.41, 5.74) is 0. The lowest BCUT2D eigenvalue weighted by molar-refractivity contribution is -0.159. The Morgan fingerprint density at radius 1 is 1.59 bits per heavy atom. The summed E-state index contributed by atoms with van der Waals surface area (Å²) >= 11 is 0. The summed E-state index contributed by atoms with van der Waals surface area (Å²) < 4.78 is 4.74. The second kappa shape index (κ2) is 4.50. The molecule has 0 aliphatic carbocycles. The molecule has 0 spiro atoms. The summed E-state index contributed by atoms with van der Waals surface area (Å²) in [5, 5.41) is 9.97. The van der Waals surface area contributed by atoms with Crippen molar-refractivity contribution in [2.75, 3.05) is 6.61 Å². The highest BCUT2D eigenvalue weighted by atomic mass is 16.5. The first-order chi connectivity index (χ1) is 8.15. The molecule has 6 nitrogen and oxygen atoms in total. The molecule has 6 heteroatoms. The molecule has 17 heavy (non-hydrogen) atoms. The topological polar surface area (TPSA) is 79.2 Å². The third kappa shape index (κ3) is 1.99. The predicted molar refractivity (Wildman–Crippen MR) is 58.7 cm³/mol. The minimum atomic E-state index is -1.28. The Balaban J connectivity index is 2.29. The maximum atomic E-state index is 11.6. The second-order valence-electron chi connectivity index (χ2n) is 3.56. The van der Waals surface area contributed by atoms with Crippen LogP contribution in [-0.4, -0.2) is 40.6 Å². The van der Waals surface area contributed by atoms with Crippen LogP contribution in [0.15, 0.2) is 29.4 Å². The average Bonchev–Trinajstić information content (AvgIpc) is 2.29. The van der Waals surface area contributed by atoms with E-state index in [9.17, 15) is 14.7 Å². The van der Waals surface area contributed by atoms with Crippen molar-refractivity contribution in [2.45, 2.75) is 13.2 Å².